The van der Waals surface area contributed by atoms with E-state index in [2.05, 4.69) is 131 Å². The van der Waals surface area contributed by atoms with Gasteiger partial charge in [0, 0.05) is 36.6 Å². The van der Waals surface area contributed by atoms with Crippen molar-refractivity contribution in [2.75, 3.05) is 18.8 Å². The molecule has 0 saturated heterocycles. The maximum absolute atomic E-state index is 6.20. The number of benzene rings is 4. The molecule has 204 valence electrons. The Labute approximate surface area is 237 Å². The second-order valence-corrected chi connectivity index (χ2v) is 12.5. The van der Waals surface area contributed by atoms with E-state index in [-0.39, 0.29) is 11.9 Å². The minimum Gasteiger partial charge on any atom is -0.467 e. The molecule has 4 rings (SSSR count). The lowest BCUT2D eigenvalue weighted by molar-refractivity contribution is 0.0495. The molecule has 0 aliphatic rings. The van der Waals surface area contributed by atoms with Crippen LogP contribution in [0.3, 0.4) is 0 Å². The van der Waals surface area contributed by atoms with Gasteiger partial charge < -0.3 is 14.4 Å². The van der Waals surface area contributed by atoms with E-state index in [1.54, 1.807) is 7.11 Å². The molecule has 0 radical (unpaired) electrons. The number of hydrogen-bond donors (Lipinski definition) is 0. The van der Waals surface area contributed by atoms with Crippen molar-refractivity contribution in [2.45, 2.75) is 59.3 Å². The monoisotopic (exact) mass is 539 g/mol. The predicted octanol–water partition coefficient (Wildman–Crippen LogP) is 8.43. The van der Waals surface area contributed by atoms with Crippen molar-refractivity contribution in [3.63, 3.8) is 0 Å². The van der Waals surface area contributed by atoms with Crippen LogP contribution in [-0.4, -0.2) is 13.9 Å². The van der Waals surface area contributed by atoms with Gasteiger partial charge in [-0.15, -0.1) is 0 Å². The second-order valence-electron chi connectivity index (χ2n) is 10.6. The molecule has 0 aliphatic heterocycles. The van der Waals surface area contributed by atoms with Crippen LogP contribution in [0.4, 0.5) is 5.69 Å². The minimum absolute atomic E-state index is 0.0914. The number of methoxy groups -OCH3 is 1. The minimum atomic E-state index is -0.0914. The van der Waals surface area contributed by atoms with Gasteiger partial charge in [-0.05, 0) is 60.8 Å². The Kier molecular flexibility index (Phi) is 9.83. The van der Waals surface area contributed by atoms with Crippen LogP contribution in [0.1, 0.15) is 53.6 Å². The highest BCUT2D eigenvalue weighted by molar-refractivity contribution is 7.49. The molecule has 0 N–H and O–H groups in total. The average molecular weight is 540 g/mol. The van der Waals surface area contributed by atoms with Crippen molar-refractivity contribution < 1.29 is 9.47 Å². The topological polar surface area (TPSA) is 21.7 Å². The molecule has 0 spiro atoms. The van der Waals surface area contributed by atoms with Crippen LogP contribution in [0.15, 0.2) is 91.0 Å². The van der Waals surface area contributed by atoms with Crippen molar-refractivity contribution in [2.24, 2.45) is 0 Å². The third-order valence-electron chi connectivity index (χ3n) is 7.47. The molecular formula is C35H42NO2P. The number of anilines is 1. The van der Waals surface area contributed by atoms with Gasteiger partial charge in [-0.3, -0.25) is 0 Å². The zero-order chi connectivity index (χ0) is 27.8. The highest BCUT2D eigenvalue weighted by atomic mass is 31.1. The first-order valence-corrected chi connectivity index (χ1v) is 14.8. The van der Waals surface area contributed by atoms with Gasteiger partial charge >= 0.3 is 0 Å². The SMILES string of the molecule is CCC(C)(Pc1c(C)cccc1N(Cc1ccccc1)Cc1ccccc1)c1cc(C)cc(C)c1OCOC. The Hall–Kier alpha value is -3.13. The van der Waals surface area contributed by atoms with Crippen molar-refractivity contribution in [3.05, 3.63) is 124 Å². The van der Waals surface area contributed by atoms with Crippen molar-refractivity contribution >= 4 is 19.6 Å². The summed E-state index contributed by atoms with van der Waals surface area (Å²) < 4.78 is 11.5. The Morgan fingerprint density at radius 3 is 1.95 bits per heavy atom. The summed E-state index contributed by atoms with van der Waals surface area (Å²) in [5.74, 6) is 0.958. The molecule has 0 heterocycles. The molecule has 3 nitrogen and oxygen atoms in total. The van der Waals surface area contributed by atoms with Crippen LogP contribution >= 0.6 is 8.58 Å². The molecule has 0 saturated carbocycles. The van der Waals surface area contributed by atoms with Crippen LogP contribution in [-0.2, 0) is 23.0 Å². The standard InChI is InChI=1S/C35H42NO2P/c1-7-35(5,31-22-26(2)21-28(4)33(31)38-25-37-6)39-34-27(3)15-14-20-32(34)36(23-29-16-10-8-11-17-29)24-30-18-12-9-13-19-30/h8-22,39H,7,23-25H2,1-6H3. The van der Waals surface area contributed by atoms with Gasteiger partial charge in [-0.25, -0.2) is 0 Å². The molecule has 2 unspecified atom stereocenters. The molecule has 4 aromatic carbocycles. The van der Waals surface area contributed by atoms with Crippen LogP contribution in [0.25, 0.3) is 0 Å². The van der Waals surface area contributed by atoms with Crippen molar-refractivity contribution in [1.82, 2.24) is 0 Å². The lowest BCUT2D eigenvalue weighted by atomic mass is 9.92. The van der Waals surface area contributed by atoms with Crippen molar-refractivity contribution in [3.8, 4) is 5.75 Å². The molecule has 0 aliphatic carbocycles. The van der Waals surface area contributed by atoms with Gasteiger partial charge in [0.05, 0.1) is 0 Å². The molecule has 0 amide bonds. The second kappa shape index (κ2) is 13.3. The van der Waals surface area contributed by atoms with E-state index in [9.17, 15) is 0 Å². The lowest BCUT2D eigenvalue weighted by Gasteiger charge is -2.35. The van der Waals surface area contributed by atoms with E-state index in [1.165, 1.54) is 38.8 Å². The van der Waals surface area contributed by atoms with Gasteiger partial charge in [0.15, 0.2) is 6.79 Å². The molecule has 0 fully saturated rings. The normalized spacial score (nSPS) is 13.0. The lowest BCUT2D eigenvalue weighted by Crippen LogP contribution is -2.29. The Bertz CT molecular complexity index is 1310. The maximum atomic E-state index is 6.20. The summed E-state index contributed by atoms with van der Waals surface area (Å²) in [4.78, 5) is 2.54. The summed E-state index contributed by atoms with van der Waals surface area (Å²) in [6.45, 7) is 13.2. The molecule has 2 atom stereocenters. The zero-order valence-electron chi connectivity index (χ0n) is 24.3. The smallest absolute Gasteiger partial charge is 0.188 e. The summed E-state index contributed by atoms with van der Waals surface area (Å²) in [6.07, 6.45) is 1.00. The van der Waals surface area contributed by atoms with Gasteiger partial charge in [-0.2, -0.15) is 0 Å². The number of aryl methyl sites for hydroxylation is 3. The van der Waals surface area contributed by atoms with Crippen LogP contribution in [0.2, 0.25) is 0 Å². The fourth-order valence-electron chi connectivity index (χ4n) is 5.21. The Balaban J connectivity index is 1.80. The summed E-state index contributed by atoms with van der Waals surface area (Å²) in [7, 11) is 2.25. The fraction of sp³-hybridized carbons (Fsp3) is 0.314. The van der Waals surface area contributed by atoms with E-state index in [0.717, 1.165) is 30.8 Å². The molecule has 0 bridgehead atoms. The van der Waals surface area contributed by atoms with Crippen LogP contribution < -0.4 is 14.9 Å². The molecular weight excluding hydrogens is 497 g/mol. The third kappa shape index (κ3) is 7.10. The van der Waals surface area contributed by atoms with Crippen molar-refractivity contribution in [1.29, 1.82) is 0 Å². The number of rotatable bonds is 12. The van der Waals surface area contributed by atoms with E-state index in [4.69, 9.17) is 9.47 Å². The predicted molar refractivity (Wildman–Crippen MR) is 168 cm³/mol. The Morgan fingerprint density at radius 1 is 0.769 bits per heavy atom. The van der Waals surface area contributed by atoms with Gasteiger partial charge in [0.2, 0.25) is 0 Å². The quantitative estimate of drug-likeness (QED) is 0.133. The number of ether oxygens (including phenoxy) is 2. The van der Waals surface area contributed by atoms with E-state index in [0.29, 0.717) is 8.58 Å². The first-order valence-electron chi connectivity index (χ1n) is 13.8. The summed E-state index contributed by atoms with van der Waals surface area (Å²) in [6, 6.07) is 32.9. The highest BCUT2D eigenvalue weighted by Crippen LogP contribution is 2.50. The van der Waals surface area contributed by atoms with Crippen LogP contribution in [0, 0.1) is 20.8 Å². The average Bonchev–Trinajstić information content (AvgIpc) is 2.94. The van der Waals surface area contributed by atoms with E-state index >= 15 is 0 Å². The zero-order valence-corrected chi connectivity index (χ0v) is 25.3. The first kappa shape index (κ1) is 28.9. The fourth-order valence-corrected chi connectivity index (χ4v) is 6.91. The Morgan fingerprint density at radius 2 is 1.38 bits per heavy atom. The van der Waals surface area contributed by atoms with Gasteiger partial charge in [-0.1, -0.05) is 113 Å². The summed E-state index contributed by atoms with van der Waals surface area (Å²) in [5.41, 5.74) is 8.96. The van der Waals surface area contributed by atoms with E-state index in [1.807, 2.05) is 0 Å². The third-order valence-corrected chi connectivity index (χ3v) is 9.54. The maximum Gasteiger partial charge on any atom is 0.188 e. The summed E-state index contributed by atoms with van der Waals surface area (Å²) >= 11 is 0. The van der Waals surface area contributed by atoms with Gasteiger partial charge in [0.25, 0.3) is 0 Å². The largest absolute Gasteiger partial charge is 0.467 e. The molecule has 0 aromatic heterocycles. The highest BCUT2D eigenvalue weighted by Gasteiger charge is 2.32. The molecule has 4 heteroatoms. The number of hydrogen-bond acceptors (Lipinski definition) is 3. The first-order chi connectivity index (χ1) is 18.8. The van der Waals surface area contributed by atoms with Gasteiger partial charge in [0.1, 0.15) is 5.75 Å². The van der Waals surface area contributed by atoms with Crippen LogP contribution in [0.5, 0.6) is 5.75 Å². The molecule has 4 aromatic rings. The summed E-state index contributed by atoms with van der Waals surface area (Å²) in [5, 5.41) is 1.33. The number of nitrogens with zero attached hydrogens (tertiary/aromatic N) is 1. The molecule has 39 heavy (non-hydrogen) atoms. The van der Waals surface area contributed by atoms with E-state index < -0.39 is 0 Å².